The van der Waals surface area contributed by atoms with Crippen molar-refractivity contribution in [2.24, 2.45) is 0 Å². The number of halogens is 1. The largest absolute Gasteiger partial charge is 0.497 e. The number of methoxy groups -OCH3 is 2. The van der Waals surface area contributed by atoms with Gasteiger partial charge in [-0.3, -0.25) is 4.79 Å². The molecule has 1 N–H and O–H groups in total. The van der Waals surface area contributed by atoms with Gasteiger partial charge in [-0.1, -0.05) is 0 Å². The smallest absolute Gasteiger partial charge is 0.270 e. The molecule has 0 atom stereocenters. The zero-order valence-electron chi connectivity index (χ0n) is 18.3. The van der Waals surface area contributed by atoms with E-state index in [1.807, 2.05) is 12.1 Å². The Morgan fingerprint density at radius 1 is 1.06 bits per heavy atom. The van der Waals surface area contributed by atoms with E-state index in [4.69, 9.17) is 9.47 Å². The van der Waals surface area contributed by atoms with Crippen LogP contribution in [0, 0.1) is 5.82 Å². The SMILES string of the molecule is COc1ccc(-c2cc(C(=O)NCCN3CCCC3)n(-c3ccc(F)cc3)n2)c(OC)c1. The lowest BCUT2D eigenvalue weighted by molar-refractivity contribution is 0.0942. The molecule has 2 aromatic carbocycles. The van der Waals surface area contributed by atoms with Crippen LogP contribution in [0.5, 0.6) is 11.5 Å². The van der Waals surface area contributed by atoms with Crippen molar-refractivity contribution in [1.29, 1.82) is 0 Å². The molecule has 0 unspecified atom stereocenters. The third-order valence-electron chi connectivity index (χ3n) is 5.61. The van der Waals surface area contributed by atoms with Crippen molar-refractivity contribution >= 4 is 5.91 Å². The zero-order chi connectivity index (χ0) is 22.5. The van der Waals surface area contributed by atoms with Crippen LogP contribution in [0.1, 0.15) is 23.3 Å². The van der Waals surface area contributed by atoms with Crippen molar-refractivity contribution in [3.05, 3.63) is 60.0 Å². The molecule has 32 heavy (non-hydrogen) atoms. The van der Waals surface area contributed by atoms with Crippen molar-refractivity contribution in [3.63, 3.8) is 0 Å². The summed E-state index contributed by atoms with van der Waals surface area (Å²) in [7, 11) is 3.16. The minimum absolute atomic E-state index is 0.236. The summed E-state index contributed by atoms with van der Waals surface area (Å²) in [4.78, 5) is 15.4. The Bertz CT molecular complexity index is 1080. The number of amides is 1. The number of ether oxygens (including phenoxy) is 2. The fourth-order valence-electron chi connectivity index (χ4n) is 3.89. The van der Waals surface area contributed by atoms with Gasteiger partial charge in [-0.15, -0.1) is 0 Å². The standard InChI is InChI=1S/C24H27FN4O3/c1-31-19-9-10-20(23(15-19)32-2)21-16-22(24(30)26-11-14-28-12-3-4-13-28)29(27-21)18-7-5-17(25)6-8-18/h5-10,15-16H,3-4,11-14H2,1-2H3,(H,26,30). The predicted molar refractivity (Wildman–Crippen MR) is 120 cm³/mol. The van der Waals surface area contributed by atoms with Crippen LogP contribution in [0.3, 0.4) is 0 Å². The normalized spacial score (nSPS) is 13.8. The summed E-state index contributed by atoms with van der Waals surface area (Å²) in [5.74, 6) is 0.645. The average molecular weight is 439 g/mol. The summed E-state index contributed by atoms with van der Waals surface area (Å²) in [6.45, 7) is 3.51. The minimum atomic E-state index is -0.352. The van der Waals surface area contributed by atoms with E-state index in [0.717, 1.165) is 25.2 Å². The zero-order valence-corrected chi connectivity index (χ0v) is 18.3. The van der Waals surface area contributed by atoms with Crippen LogP contribution in [0.15, 0.2) is 48.5 Å². The highest BCUT2D eigenvalue weighted by Crippen LogP contribution is 2.33. The summed E-state index contributed by atoms with van der Waals surface area (Å²) in [6, 6.07) is 13.0. The Balaban J connectivity index is 1.65. The summed E-state index contributed by atoms with van der Waals surface area (Å²) in [6.07, 6.45) is 2.41. The highest BCUT2D eigenvalue weighted by Gasteiger charge is 2.20. The second-order valence-corrected chi connectivity index (χ2v) is 7.67. The van der Waals surface area contributed by atoms with E-state index in [1.54, 1.807) is 38.5 Å². The molecule has 8 heteroatoms. The first-order valence-corrected chi connectivity index (χ1v) is 10.7. The number of hydrogen-bond acceptors (Lipinski definition) is 5. The fraction of sp³-hybridized carbons (Fsp3) is 0.333. The van der Waals surface area contributed by atoms with Crippen LogP contribution >= 0.6 is 0 Å². The molecule has 0 aliphatic carbocycles. The molecule has 2 heterocycles. The number of aromatic nitrogens is 2. The lowest BCUT2D eigenvalue weighted by Gasteiger charge is -2.15. The maximum atomic E-state index is 13.5. The molecule has 4 rings (SSSR count). The van der Waals surface area contributed by atoms with Crippen LogP contribution in [0.25, 0.3) is 16.9 Å². The number of rotatable bonds is 8. The van der Waals surface area contributed by atoms with Gasteiger partial charge < -0.3 is 19.7 Å². The minimum Gasteiger partial charge on any atom is -0.497 e. The molecule has 168 valence electrons. The van der Waals surface area contributed by atoms with E-state index >= 15 is 0 Å². The molecular formula is C24H27FN4O3. The van der Waals surface area contributed by atoms with Crippen molar-refractivity contribution in [1.82, 2.24) is 20.0 Å². The quantitative estimate of drug-likeness (QED) is 0.583. The second kappa shape index (κ2) is 9.82. The van der Waals surface area contributed by atoms with Gasteiger partial charge in [-0.05, 0) is 68.4 Å². The topological polar surface area (TPSA) is 68.6 Å². The molecular weight excluding hydrogens is 411 g/mol. The first-order chi connectivity index (χ1) is 15.6. The summed E-state index contributed by atoms with van der Waals surface area (Å²) in [5, 5.41) is 7.65. The van der Waals surface area contributed by atoms with Crippen molar-refractivity contribution in [3.8, 4) is 28.4 Å². The fourth-order valence-corrected chi connectivity index (χ4v) is 3.89. The van der Waals surface area contributed by atoms with Gasteiger partial charge in [0.1, 0.15) is 23.0 Å². The molecule has 0 spiro atoms. The van der Waals surface area contributed by atoms with E-state index in [1.165, 1.54) is 29.7 Å². The summed E-state index contributed by atoms with van der Waals surface area (Å²) >= 11 is 0. The van der Waals surface area contributed by atoms with Crippen LogP contribution in [0.4, 0.5) is 4.39 Å². The Morgan fingerprint density at radius 2 is 1.81 bits per heavy atom. The van der Waals surface area contributed by atoms with Crippen LogP contribution < -0.4 is 14.8 Å². The van der Waals surface area contributed by atoms with Gasteiger partial charge in [0.15, 0.2) is 0 Å². The molecule has 0 saturated carbocycles. The van der Waals surface area contributed by atoms with Crippen LogP contribution in [0.2, 0.25) is 0 Å². The number of benzene rings is 2. The van der Waals surface area contributed by atoms with E-state index in [9.17, 15) is 9.18 Å². The summed E-state index contributed by atoms with van der Waals surface area (Å²) < 4.78 is 25.8. The molecule has 1 aliphatic rings. The van der Waals surface area contributed by atoms with Gasteiger partial charge in [-0.25, -0.2) is 9.07 Å². The molecule has 1 fully saturated rings. The Labute approximate surface area is 186 Å². The van der Waals surface area contributed by atoms with Crippen molar-refractivity contribution < 1.29 is 18.7 Å². The maximum Gasteiger partial charge on any atom is 0.270 e. The number of nitrogens with zero attached hydrogens (tertiary/aromatic N) is 3. The average Bonchev–Trinajstić information content (AvgIpc) is 3.49. The number of hydrogen-bond donors (Lipinski definition) is 1. The molecule has 3 aromatic rings. The van der Waals surface area contributed by atoms with Gasteiger partial charge in [-0.2, -0.15) is 5.10 Å². The van der Waals surface area contributed by atoms with Crippen molar-refractivity contribution in [2.45, 2.75) is 12.8 Å². The van der Waals surface area contributed by atoms with Crippen molar-refractivity contribution in [2.75, 3.05) is 40.4 Å². The lowest BCUT2D eigenvalue weighted by Crippen LogP contribution is -2.34. The number of carbonyl (C=O) groups excluding carboxylic acids is 1. The van der Waals surface area contributed by atoms with E-state index in [2.05, 4.69) is 15.3 Å². The second-order valence-electron chi connectivity index (χ2n) is 7.67. The van der Waals surface area contributed by atoms with Crippen LogP contribution in [-0.4, -0.2) is 61.0 Å². The van der Waals surface area contributed by atoms with E-state index in [0.29, 0.717) is 35.1 Å². The van der Waals surface area contributed by atoms with E-state index in [-0.39, 0.29) is 11.7 Å². The molecule has 0 bridgehead atoms. The van der Waals surface area contributed by atoms with Gasteiger partial charge >= 0.3 is 0 Å². The Morgan fingerprint density at radius 3 is 2.50 bits per heavy atom. The Kier molecular flexibility index (Phi) is 6.70. The molecule has 1 aromatic heterocycles. The van der Waals surface area contributed by atoms with Gasteiger partial charge in [0.05, 0.1) is 25.6 Å². The third kappa shape index (κ3) is 4.75. The van der Waals surface area contributed by atoms with Crippen LogP contribution in [-0.2, 0) is 0 Å². The summed E-state index contributed by atoms with van der Waals surface area (Å²) in [5.41, 5.74) is 2.25. The number of carbonyl (C=O) groups is 1. The van der Waals surface area contributed by atoms with Gasteiger partial charge in [0.2, 0.25) is 0 Å². The molecule has 0 radical (unpaired) electrons. The molecule has 1 aliphatic heterocycles. The number of likely N-dealkylation sites (tertiary alicyclic amines) is 1. The monoisotopic (exact) mass is 438 g/mol. The first-order valence-electron chi connectivity index (χ1n) is 10.7. The Hall–Kier alpha value is -3.39. The highest BCUT2D eigenvalue weighted by atomic mass is 19.1. The highest BCUT2D eigenvalue weighted by molar-refractivity contribution is 5.94. The lowest BCUT2D eigenvalue weighted by atomic mass is 10.1. The number of nitrogens with one attached hydrogen (secondary N) is 1. The first kappa shape index (κ1) is 21.8. The maximum absolute atomic E-state index is 13.5. The molecule has 1 amide bonds. The van der Waals surface area contributed by atoms with Gasteiger partial charge in [0.25, 0.3) is 5.91 Å². The third-order valence-corrected chi connectivity index (χ3v) is 5.61. The van der Waals surface area contributed by atoms with Gasteiger partial charge in [0, 0.05) is 24.7 Å². The molecule has 1 saturated heterocycles. The predicted octanol–water partition coefficient (Wildman–Crippen LogP) is 3.52. The van der Waals surface area contributed by atoms with E-state index < -0.39 is 0 Å². The molecule has 7 nitrogen and oxygen atoms in total.